The van der Waals surface area contributed by atoms with Crippen LogP contribution in [0.3, 0.4) is 0 Å². The molecule has 0 aliphatic carbocycles. The second kappa shape index (κ2) is 7.57. The summed E-state index contributed by atoms with van der Waals surface area (Å²) in [5.74, 6) is -1.50. The van der Waals surface area contributed by atoms with E-state index in [9.17, 15) is 9.59 Å². The Kier molecular flexibility index (Phi) is 6.69. The minimum absolute atomic E-state index is 0.0438. The summed E-state index contributed by atoms with van der Waals surface area (Å²) in [5, 5.41) is -0.496. The van der Waals surface area contributed by atoms with Crippen LogP contribution in [0.1, 0.15) is 12.8 Å². The maximum absolute atomic E-state index is 11.6. The second-order valence-corrected chi connectivity index (χ2v) is 5.34. The van der Waals surface area contributed by atoms with E-state index in [0.717, 1.165) is 0 Å². The fourth-order valence-electron chi connectivity index (χ4n) is 1.15. The Morgan fingerprint density at radius 3 is 1.65 bits per heavy atom. The quantitative estimate of drug-likeness (QED) is 0.325. The fraction of sp³-hybridized carbons (Fsp3) is 0.273. The molecule has 1 aromatic rings. The fourth-order valence-corrected chi connectivity index (χ4v) is 2.34. The zero-order valence-corrected chi connectivity index (χ0v) is 13.7. The van der Waals surface area contributed by atoms with Gasteiger partial charge in [0.05, 0.1) is 35.0 Å². The second-order valence-electron chi connectivity index (χ2n) is 3.45. The Labute approximate surface area is 139 Å². The summed E-state index contributed by atoms with van der Waals surface area (Å²) in [4.78, 5) is 22.5. The zero-order valence-electron chi connectivity index (χ0n) is 9.94. The average Bonchev–Trinajstić information content (AvgIpc) is 2.44. The van der Waals surface area contributed by atoms with Crippen molar-refractivity contribution in [3.05, 3.63) is 25.1 Å². The molecule has 0 unspecified atom stereocenters. The number of hydrogen-bond donors (Lipinski definition) is 0. The summed E-state index contributed by atoms with van der Waals surface area (Å²) in [7, 11) is 1.21. The molecule has 0 atom stereocenters. The van der Waals surface area contributed by atoms with Crippen molar-refractivity contribution in [3.8, 4) is 5.75 Å². The molecule has 20 heavy (non-hydrogen) atoms. The number of rotatable bonds is 4. The van der Waals surface area contributed by atoms with Gasteiger partial charge >= 0.3 is 11.9 Å². The summed E-state index contributed by atoms with van der Waals surface area (Å²) in [6.45, 7) is 0. The number of carbonyl (C=O) groups is 2. The lowest BCUT2D eigenvalue weighted by Gasteiger charge is -2.12. The monoisotopic (exact) mass is 378 g/mol. The number of esters is 2. The number of hydrogen-bond acceptors (Lipinski definition) is 4. The van der Waals surface area contributed by atoms with Gasteiger partial charge in [0.15, 0.2) is 5.75 Å². The predicted molar refractivity (Wildman–Crippen MR) is 78.4 cm³/mol. The maximum Gasteiger partial charge on any atom is 0.311 e. The number of ether oxygens (including phenoxy) is 2. The topological polar surface area (TPSA) is 52.6 Å². The Morgan fingerprint density at radius 1 is 0.800 bits per heavy atom. The molecule has 110 valence electrons. The molecule has 0 heterocycles. The summed E-state index contributed by atoms with van der Waals surface area (Å²) < 4.78 is 9.34. The van der Waals surface area contributed by atoms with Crippen LogP contribution in [0.15, 0.2) is 0 Å². The normalized spacial score (nSPS) is 10.3. The first-order valence-corrected chi connectivity index (χ1v) is 6.97. The highest BCUT2D eigenvalue weighted by atomic mass is 35.5. The van der Waals surface area contributed by atoms with E-state index in [-0.39, 0.29) is 43.7 Å². The largest absolute Gasteiger partial charge is 0.469 e. The lowest BCUT2D eigenvalue weighted by Crippen LogP contribution is -2.12. The third-order valence-electron chi connectivity index (χ3n) is 2.15. The van der Waals surface area contributed by atoms with E-state index < -0.39 is 11.9 Å². The van der Waals surface area contributed by atoms with Crippen molar-refractivity contribution in [1.82, 2.24) is 0 Å². The van der Waals surface area contributed by atoms with Crippen LogP contribution in [0.2, 0.25) is 25.1 Å². The average molecular weight is 380 g/mol. The molecule has 1 rings (SSSR count). The van der Waals surface area contributed by atoms with Gasteiger partial charge in [0.25, 0.3) is 0 Å². The summed E-state index contributed by atoms with van der Waals surface area (Å²) in [5.41, 5.74) is 0. The van der Waals surface area contributed by atoms with Gasteiger partial charge in [-0.3, -0.25) is 9.59 Å². The van der Waals surface area contributed by atoms with E-state index >= 15 is 0 Å². The van der Waals surface area contributed by atoms with Crippen molar-refractivity contribution in [1.29, 1.82) is 0 Å². The lowest BCUT2D eigenvalue weighted by molar-refractivity contribution is -0.144. The van der Waals surface area contributed by atoms with Gasteiger partial charge in [0, 0.05) is 0 Å². The van der Waals surface area contributed by atoms with Crippen LogP contribution in [-0.4, -0.2) is 19.0 Å². The molecule has 0 bridgehead atoms. The van der Waals surface area contributed by atoms with Crippen LogP contribution in [0.5, 0.6) is 5.75 Å². The Balaban J connectivity index is 2.93. The molecule has 0 saturated heterocycles. The Hall–Kier alpha value is -0.390. The summed E-state index contributed by atoms with van der Waals surface area (Å²) >= 11 is 29.2. The third-order valence-corrected chi connectivity index (χ3v) is 4.39. The van der Waals surface area contributed by atoms with Crippen LogP contribution < -0.4 is 4.74 Å². The first kappa shape index (κ1) is 17.7. The van der Waals surface area contributed by atoms with E-state index in [2.05, 4.69) is 4.74 Å². The molecule has 4 nitrogen and oxygen atoms in total. The summed E-state index contributed by atoms with van der Waals surface area (Å²) in [6, 6.07) is 0. The first-order chi connectivity index (χ1) is 9.29. The molecule has 0 aliphatic heterocycles. The van der Waals surface area contributed by atoms with Gasteiger partial charge < -0.3 is 9.47 Å². The summed E-state index contributed by atoms with van der Waals surface area (Å²) in [6.07, 6.45) is -0.350. The lowest BCUT2D eigenvalue weighted by atomic mass is 10.3. The number of benzene rings is 1. The van der Waals surface area contributed by atoms with Crippen LogP contribution in [0.25, 0.3) is 0 Å². The number of halogens is 5. The molecule has 0 saturated carbocycles. The van der Waals surface area contributed by atoms with Gasteiger partial charge in [-0.2, -0.15) is 0 Å². The Morgan fingerprint density at radius 2 is 1.20 bits per heavy atom. The molecule has 0 aromatic heterocycles. The van der Waals surface area contributed by atoms with Crippen molar-refractivity contribution in [3.63, 3.8) is 0 Å². The van der Waals surface area contributed by atoms with Crippen LogP contribution >= 0.6 is 58.0 Å². The number of methoxy groups -OCH3 is 1. The van der Waals surface area contributed by atoms with Gasteiger partial charge in [-0.25, -0.2) is 0 Å². The van der Waals surface area contributed by atoms with E-state index in [0.29, 0.717) is 0 Å². The van der Waals surface area contributed by atoms with Crippen molar-refractivity contribution in [2.24, 2.45) is 0 Å². The molecule has 1 aromatic carbocycles. The predicted octanol–water partition coefficient (Wildman–Crippen LogP) is 4.81. The van der Waals surface area contributed by atoms with Gasteiger partial charge in [-0.1, -0.05) is 58.0 Å². The standard InChI is InChI=1S/C11H7Cl5O4/c1-19-4(17)2-3-5(18)20-11-9(15)7(13)6(12)8(14)10(11)16/h2-3H2,1H3. The van der Waals surface area contributed by atoms with E-state index in [1.54, 1.807) is 0 Å². The molecule has 0 aliphatic rings. The van der Waals surface area contributed by atoms with E-state index in [1.165, 1.54) is 7.11 Å². The van der Waals surface area contributed by atoms with Crippen LogP contribution in [-0.2, 0) is 14.3 Å². The van der Waals surface area contributed by atoms with E-state index in [1.807, 2.05) is 0 Å². The Bertz CT molecular complexity index is 529. The van der Waals surface area contributed by atoms with Gasteiger partial charge in [-0.05, 0) is 0 Å². The molecule has 0 spiro atoms. The van der Waals surface area contributed by atoms with Gasteiger partial charge in [0.1, 0.15) is 10.0 Å². The van der Waals surface area contributed by atoms with Gasteiger partial charge in [-0.15, -0.1) is 0 Å². The highest BCUT2D eigenvalue weighted by Crippen LogP contribution is 2.48. The number of carbonyl (C=O) groups excluding carboxylic acids is 2. The molecular formula is C11H7Cl5O4. The highest BCUT2D eigenvalue weighted by Gasteiger charge is 2.22. The third kappa shape index (κ3) is 4.06. The molecule has 0 radical (unpaired) electrons. The molecule has 0 amide bonds. The van der Waals surface area contributed by atoms with Crippen LogP contribution in [0.4, 0.5) is 0 Å². The molecule has 0 fully saturated rings. The van der Waals surface area contributed by atoms with Crippen molar-refractivity contribution in [2.45, 2.75) is 12.8 Å². The molecular weight excluding hydrogens is 373 g/mol. The molecule has 0 N–H and O–H groups in total. The van der Waals surface area contributed by atoms with Crippen molar-refractivity contribution >= 4 is 69.9 Å². The first-order valence-electron chi connectivity index (χ1n) is 5.08. The highest BCUT2D eigenvalue weighted by molar-refractivity contribution is 6.55. The van der Waals surface area contributed by atoms with Crippen LogP contribution in [0, 0.1) is 0 Å². The minimum Gasteiger partial charge on any atom is -0.469 e. The zero-order chi connectivity index (χ0) is 15.4. The van der Waals surface area contributed by atoms with Gasteiger partial charge in [0.2, 0.25) is 0 Å². The molecule has 9 heteroatoms. The maximum atomic E-state index is 11.6. The van der Waals surface area contributed by atoms with E-state index in [4.69, 9.17) is 62.7 Å². The van der Waals surface area contributed by atoms with Crippen molar-refractivity contribution < 1.29 is 19.1 Å². The smallest absolute Gasteiger partial charge is 0.311 e. The minimum atomic E-state index is -0.742. The van der Waals surface area contributed by atoms with Crippen molar-refractivity contribution in [2.75, 3.05) is 7.11 Å². The SMILES string of the molecule is COC(=O)CCC(=O)Oc1c(Cl)c(Cl)c(Cl)c(Cl)c1Cl.